The van der Waals surface area contributed by atoms with Crippen LogP contribution in [0, 0.1) is 6.92 Å². The van der Waals surface area contributed by atoms with E-state index in [4.69, 9.17) is 4.74 Å². The number of pyridine rings is 1. The van der Waals surface area contributed by atoms with Crippen LogP contribution in [-0.4, -0.2) is 31.2 Å². The van der Waals surface area contributed by atoms with Crippen molar-refractivity contribution in [3.8, 4) is 0 Å². The minimum absolute atomic E-state index is 0.0979. The molecule has 102 valence electrons. The van der Waals surface area contributed by atoms with Crippen LogP contribution in [0.25, 0.3) is 0 Å². The van der Waals surface area contributed by atoms with Crippen LogP contribution in [-0.2, 0) is 4.74 Å². The zero-order chi connectivity index (χ0) is 13.4. The molecule has 0 radical (unpaired) electrons. The summed E-state index contributed by atoms with van der Waals surface area (Å²) < 4.78 is 28.8. The van der Waals surface area contributed by atoms with E-state index < -0.39 is 13.0 Å². The Kier molecular flexibility index (Phi) is 6.75. The topological polar surface area (TPSA) is 34.1 Å². The molecule has 0 amide bonds. The molecular weight excluding hydrogens is 238 g/mol. The van der Waals surface area contributed by atoms with Crippen molar-refractivity contribution in [1.29, 1.82) is 0 Å². The average Bonchev–Trinajstić information content (AvgIpc) is 2.34. The number of rotatable bonds is 8. The highest BCUT2D eigenvalue weighted by atomic mass is 19.3. The molecule has 0 aliphatic rings. The van der Waals surface area contributed by atoms with Gasteiger partial charge in [-0.2, -0.15) is 0 Å². The molecule has 0 saturated heterocycles. The maximum Gasteiger partial charge on any atom is 0.261 e. The van der Waals surface area contributed by atoms with Crippen LogP contribution in [0.1, 0.15) is 30.6 Å². The Labute approximate surface area is 107 Å². The summed E-state index contributed by atoms with van der Waals surface area (Å²) in [5, 5.41) is 3.30. The number of nitrogens with zero attached hydrogens (tertiary/aromatic N) is 1. The molecule has 0 spiro atoms. The Morgan fingerprint density at radius 1 is 1.39 bits per heavy atom. The second kappa shape index (κ2) is 8.11. The summed E-state index contributed by atoms with van der Waals surface area (Å²) in [6.07, 6.45) is 0.0739. The molecule has 0 bridgehead atoms. The Morgan fingerprint density at radius 2 is 2.17 bits per heavy atom. The molecule has 0 aliphatic heterocycles. The second-order valence-electron chi connectivity index (χ2n) is 4.10. The maximum atomic E-state index is 11.9. The molecule has 1 unspecified atom stereocenters. The van der Waals surface area contributed by atoms with Crippen LogP contribution in [0.3, 0.4) is 0 Å². The summed E-state index contributed by atoms with van der Waals surface area (Å²) >= 11 is 0. The fourth-order valence-electron chi connectivity index (χ4n) is 1.69. The first-order valence-corrected chi connectivity index (χ1v) is 6.15. The van der Waals surface area contributed by atoms with Gasteiger partial charge in [-0.3, -0.25) is 4.98 Å². The second-order valence-corrected chi connectivity index (χ2v) is 4.10. The minimum Gasteiger partial charge on any atom is -0.375 e. The van der Waals surface area contributed by atoms with Gasteiger partial charge in [0, 0.05) is 24.5 Å². The number of ether oxygens (including phenoxy) is 1. The summed E-state index contributed by atoms with van der Waals surface area (Å²) in [6.45, 7) is 4.57. The summed E-state index contributed by atoms with van der Waals surface area (Å²) in [5.41, 5.74) is 2.02. The standard InChI is InChI=1S/C13H20F2N2O/c1-3-16-12(6-7-18-9-13(14)15)11-5-4-10(2)17-8-11/h4-5,8,12-13,16H,3,6-7,9H2,1-2H3. The van der Waals surface area contributed by atoms with Crippen molar-refractivity contribution in [3.63, 3.8) is 0 Å². The van der Waals surface area contributed by atoms with Gasteiger partial charge >= 0.3 is 0 Å². The molecule has 0 aromatic carbocycles. The van der Waals surface area contributed by atoms with Crippen LogP contribution < -0.4 is 5.32 Å². The van der Waals surface area contributed by atoms with Crippen LogP contribution in [0.5, 0.6) is 0 Å². The lowest BCUT2D eigenvalue weighted by molar-refractivity contribution is 0.0144. The van der Waals surface area contributed by atoms with Crippen molar-refractivity contribution in [2.45, 2.75) is 32.7 Å². The lowest BCUT2D eigenvalue weighted by Gasteiger charge is -2.18. The van der Waals surface area contributed by atoms with Gasteiger partial charge < -0.3 is 10.1 Å². The fraction of sp³-hybridized carbons (Fsp3) is 0.615. The summed E-state index contributed by atoms with van der Waals surface area (Å²) in [7, 11) is 0. The van der Waals surface area contributed by atoms with Crippen molar-refractivity contribution in [2.75, 3.05) is 19.8 Å². The Morgan fingerprint density at radius 3 is 2.72 bits per heavy atom. The molecule has 1 aromatic heterocycles. The molecule has 5 heteroatoms. The largest absolute Gasteiger partial charge is 0.375 e. The normalized spacial score (nSPS) is 12.9. The van der Waals surface area contributed by atoms with E-state index in [1.165, 1.54) is 0 Å². The van der Waals surface area contributed by atoms with Gasteiger partial charge in [-0.05, 0) is 31.5 Å². The SMILES string of the molecule is CCNC(CCOCC(F)F)c1ccc(C)nc1. The maximum absolute atomic E-state index is 11.9. The van der Waals surface area contributed by atoms with E-state index in [1.54, 1.807) is 0 Å². The fourth-order valence-corrected chi connectivity index (χ4v) is 1.69. The lowest BCUT2D eigenvalue weighted by Crippen LogP contribution is -2.23. The molecule has 1 atom stereocenters. The number of hydrogen-bond donors (Lipinski definition) is 1. The molecule has 0 aliphatic carbocycles. The third kappa shape index (κ3) is 5.51. The summed E-state index contributed by atoms with van der Waals surface area (Å²) in [6, 6.07) is 4.04. The Bertz CT molecular complexity index is 330. The zero-order valence-electron chi connectivity index (χ0n) is 10.8. The molecular formula is C13H20F2N2O. The van der Waals surface area contributed by atoms with Crippen molar-refractivity contribution in [2.24, 2.45) is 0 Å². The van der Waals surface area contributed by atoms with Gasteiger partial charge in [0.25, 0.3) is 6.43 Å². The first kappa shape index (κ1) is 15.0. The third-order valence-corrected chi connectivity index (χ3v) is 2.58. The number of alkyl halides is 2. The van der Waals surface area contributed by atoms with Crippen molar-refractivity contribution < 1.29 is 13.5 Å². The Hall–Kier alpha value is -1.07. The molecule has 18 heavy (non-hydrogen) atoms. The highest BCUT2D eigenvalue weighted by Crippen LogP contribution is 2.16. The Balaban J connectivity index is 2.46. The average molecular weight is 258 g/mol. The van der Waals surface area contributed by atoms with Gasteiger partial charge in [0.2, 0.25) is 0 Å². The molecule has 0 saturated carbocycles. The predicted molar refractivity (Wildman–Crippen MR) is 66.8 cm³/mol. The van der Waals surface area contributed by atoms with Crippen molar-refractivity contribution in [1.82, 2.24) is 10.3 Å². The van der Waals surface area contributed by atoms with E-state index in [1.807, 2.05) is 32.2 Å². The van der Waals surface area contributed by atoms with Gasteiger partial charge in [0.15, 0.2) is 0 Å². The summed E-state index contributed by atoms with van der Waals surface area (Å²) in [4.78, 5) is 4.24. The molecule has 1 aromatic rings. The number of hydrogen-bond acceptors (Lipinski definition) is 3. The number of halogens is 2. The molecule has 1 N–H and O–H groups in total. The van der Waals surface area contributed by atoms with E-state index in [2.05, 4.69) is 10.3 Å². The molecule has 0 fully saturated rings. The van der Waals surface area contributed by atoms with E-state index in [0.29, 0.717) is 13.0 Å². The monoisotopic (exact) mass is 258 g/mol. The highest BCUT2D eigenvalue weighted by molar-refractivity contribution is 5.17. The van der Waals surface area contributed by atoms with Crippen LogP contribution in [0.15, 0.2) is 18.3 Å². The summed E-state index contributed by atoms with van der Waals surface area (Å²) in [5.74, 6) is 0. The van der Waals surface area contributed by atoms with Gasteiger partial charge in [-0.25, -0.2) is 8.78 Å². The van der Waals surface area contributed by atoms with Crippen molar-refractivity contribution >= 4 is 0 Å². The molecule has 3 nitrogen and oxygen atoms in total. The quantitative estimate of drug-likeness (QED) is 0.728. The van der Waals surface area contributed by atoms with Crippen LogP contribution in [0.2, 0.25) is 0 Å². The number of aryl methyl sites for hydroxylation is 1. The third-order valence-electron chi connectivity index (χ3n) is 2.58. The van der Waals surface area contributed by atoms with Gasteiger partial charge in [0.1, 0.15) is 6.61 Å². The van der Waals surface area contributed by atoms with Gasteiger partial charge in [-0.1, -0.05) is 13.0 Å². The van der Waals surface area contributed by atoms with Crippen LogP contribution in [0.4, 0.5) is 8.78 Å². The highest BCUT2D eigenvalue weighted by Gasteiger charge is 2.11. The lowest BCUT2D eigenvalue weighted by atomic mass is 10.1. The number of nitrogens with one attached hydrogen (secondary N) is 1. The molecule has 1 heterocycles. The smallest absolute Gasteiger partial charge is 0.261 e. The van der Waals surface area contributed by atoms with E-state index in [9.17, 15) is 8.78 Å². The zero-order valence-corrected chi connectivity index (χ0v) is 10.8. The molecule has 1 rings (SSSR count). The predicted octanol–water partition coefficient (Wildman–Crippen LogP) is 2.71. The van der Waals surface area contributed by atoms with Gasteiger partial charge in [-0.15, -0.1) is 0 Å². The van der Waals surface area contributed by atoms with Crippen LogP contribution >= 0.6 is 0 Å². The minimum atomic E-state index is -2.40. The van der Waals surface area contributed by atoms with Gasteiger partial charge in [0.05, 0.1) is 0 Å². The van der Waals surface area contributed by atoms with Crippen molar-refractivity contribution in [3.05, 3.63) is 29.6 Å². The first-order chi connectivity index (χ1) is 8.63. The van der Waals surface area contributed by atoms with E-state index in [-0.39, 0.29) is 6.04 Å². The first-order valence-electron chi connectivity index (χ1n) is 6.15. The van der Waals surface area contributed by atoms with E-state index in [0.717, 1.165) is 17.8 Å². The van der Waals surface area contributed by atoms with E-state index >= 15 is 0 Å². The number of aromatic nitrogens is 1.